The molecular weight excluding hydrogens is 352 g/mol. The van der Waals surface area contributed by atoms with Crippen molar-refractivity contribution in [3.05, 3.63) is 72.8 Å². The number of aromatic nitrogens is 5. The highest BCUT2D eigenvalue weighted by molar-refractivity contribution is 5.79. The number of nitrogens with zero attached hydrogens (tertiary/aromatic N) is 5. The topological polar surface area (TPSA) is 85.6 Å². The zero-order valence-corrected chi connectivity index (χ0v) is 15.3. The molecule has 0 saturated heterocycles. The molecule has 1 N–H and O–H groups in total. The minimum atomic E-state index is 0.470. The third-order valence-corrected chi connectivity index (χ3v) is 4.26. The van der Waals surface area contributed by atoms with Crippen LogP contribution in [0.15, 0.2) is 67.3 Å². The van der Waals surface area contributed by atoms with E-state index in [1.165, 1.54) is 0 Å². The Balaban J connectivity index is 1.69. The van der Waals surface area contributed by atoms with Gasteiger partial charge in [0.2, 0.25) is 5.95 Å². The van der Waals surface area contributed by atoms with Crippen molar-refractivity contribution in [3.63, 3.8) is 0 Å². The molecular formula is C21H18N6O. The van der Waals surface area contributed by atoms with Gasteiger partial charge in [-0.05, 0) is 49.4 Å². The van der Waals surface area contributed by atoms with Crippen LogP contribution in [0.4, 0.5) is 11.6 Å². The number of aryl methyl sites for hydroxylation is 1. The van der Waals surface area contributed by atoms with Crippen molar-refractivity contribution in [3.8, 4) is 22.5 Å². The fraction of sp³-hybridized carbons (Fsp3) is 0.0952. The highest BCUT2D eigenvalue weighted by Gasteiger charge is 2.15. The highest BCUT2D eigenvalue weighted by atomic mass is 16.1. The Morgan fingerprint density at radius 1 is 1.11 bits per heavy atom. The summed E-state index contributed by atoms with van der Waals surface area (Å²) in [6, 6.07) is 12.8. The maximum atomic E-state index is 10.8. The van der Waals surface area contributed by atoms with Crippen LogP contribution in [0.2, 0.25) is 0 Å². The molecule has 138 valence electrons. The molecule has 0 radical (unpaired) electrons. The Bertz CT molecular complexity index is 1090. The molecule has 0 bridgehead atoms. The Kier molecular flexibility index (Phi) is 4.88. The molecule has 3 heterocycles. The molecule has 28 heavy (non-hydrogen) atoms. The number of hydrogen-bond donors (Lipinski definition) is 1. The number of hydrogen-bond acceptors (Lipinski definition) is 6. The van der Waals surface area contributed by atoms with Crippen molar-refractivity contribution in [2.24, 2.45) is 0 Å². The first kappa shape index (κ1) is 17.5. The molecule has 7 heteroatoms. The van der Waals surface area contributed by atoms with E-state index in [4.69, 9.17) is 0 Å². The molecule has 4 rings (SSSR count). The van der Waals surface area contributed by atoms with Crippen LogP contribution in [0.25, 0.3) is 22.5 Å². The van der Waals surface area contributed by atoms with Gasteiger partial charge in [0.15, 0.2) is 0 Å². The maximum absolute atomic E-state index is 10.8. The zero-order chi connectivity index (χ0) is 19.3. The number of anilines is 2. The molecule has 0 aliphatic rings. The maximum Gasteiger partial charge on any atom is 0.227 e. The molecule has 0 amide bonds. The minimum absolute atomic E-state index is 0.470. The van der Waals surface area contributed by atoms with Crippen LogP contribution >= 0.6 is 0 Å². The van der Waals surface area contributed by atoms with E-state index in [1.807, 2.05) is 48.1 Å². The molecule has 3 aromatic heterocycles. The smallest absolute Gasteiger partial charge is 0.227 e. The molecule has 0 aliphatic heterocycles. The standard InChI is InChI=1S/C21H18N6O/c1-2-27-13-18(20(26-27)16-4-3-10-22-12-16)19-9-11-23-21(25-19)24-17-7-5-15(14-28)6-8-17/h3-14H,2H2,1H3,(H,23,24,25). The summed E-state index contributed by atoms with van der Waals surface area (Å²) in [6.45, 7) is 2.80. The first-order valence-electron chi connectivity index (χ1n) is 8.90. The summed E-state index contributed by atoms with van der Waals surface area (Å²) in [4.78, 5) is 23.9. The van der Waals surface area contributed by atoms with Gasteiger partial charge in [-0.3, -0.25) is 14.5 Å². The summed E-state index contributed by atoms with van der Waals surface area (Å²) < 4.78 is 1.88. The fourth-order valence-corrected chi connectivity index (χ4v) is 2.83. The fourth-order valence-electron chi connectivity index (χ4n) is 2.83. The summed E-state index contributed by atoms with van der Waals surface area (Å²) in [5.74, 6) is 0.470. The molecule has 0 fully saturated rings. The lowest BCUT2D eigenvalue weighted by Crippen LogP contribution is -1.98. The van der Waals surface area contributed by atoms with Gasteiger partial charge in [0.05, 0.1) is 5.69 Å². The van der Waals surface area contributed by atoms with Crippen LogP contribution in [-0.4, -0.2) is 31.0 Å². The number of rotatable bonds is 6. The van der Waals surface area contributed by atoms with Crippen molar-refractivity contribution in [1.29, 1.82) is 0 Å². The molecule has 0 aliphatic carbocycles. The van der Waals surface area contributed by atoms with Gasteiger partial charge in [-0.25, -0.2) is 9.97 Å². The van der Waals surface area contributed by atoms with Crippen LogP contribution in [0.3, 0.4) is 0 Å². The van der Waals surface area contributed by atoms with E-state index in [-0.39, 0.29) is 0 Å². The first-order chi connectivity index (χ1) is 13.8. The number of carbonyl (C=O) groups excluding carboxylic acids is 1. The highest BCUT2D eigenvalue weighted by Crippen LogP contribution is 2.30. The molecule has 0 atom stereocenters. The van der Waals surface area contributed by atoms with Gasteiger partial charge in [-0.1, -0.05) is 0 Å². The molecule has 0 spiro atoms. The second-order valence-corrected chi connectivity index (χ2v) is 6.12. The van der Waals surface area contributed by atoms with Crippen molar-refractivity contribution < 1.29 is 4.79 Å². The minimum Gasteiger partial charge on any atom is -0.324 e. The third kappa shape index (κ3) is 3.64. The molecule has 7 nitrogen and oxygen atoms in total. The lowest BCUT2D eigenvalue weighted by molar-refractivity contribution is 0.112. The number of nitrogens with one attached hydrogen (secondary N) is 1. The SMILES string of the molecule is CCn1cc(-c2ccnc(Nc3ccc(C=O)cc3)n2)c(-c2cccnc2)n1. The largest absolute Gasteiger partial charge is 0.324 e. The van der Waals surface area contributed by atoms with Crippen LogP contribution in [0.1, 0.15) is 17.3 Å². The number of pyridine rings is 1. The Hall–Kier alpha value is -3.87. The van der Waals surface area contributed by atoms with Gasteiger partial charge < -0.3 is 5.32 Å². The van der Waals surface area contributed by atoms with Crippen LogP contribution < -0.4 is 5.32 Å². The zero-order valence-electron chi connectivity index (χ0n) is 15.3. The first-order valence-corrected chi connectivity index (χ1v) is 8.90. The molecule has 0 saturated carbocycles. The molecule has 4 aromatic rings. The third-order valence-electron chi connectivity index (χ3n) is 4.26. The van der Waals surface area contributed by atoms with Gasteiger partial charge in [0.25, 0.3) is 0 Å². The summed E-state index contributed by atoms with van der Waals surface area (Å²) in [5, 5.41) is 7.84. The van der Waals surface area contributed by atoms with Crippen LogP contribution in [0, 0.1) is 0 Å². The summed E-state index contributed by atoms with van der Waals surface area (Å²) >= 11 is 0. The van der Waals surface area contributed by atoms with E-state index in [9.17, 15) is 4.79 Å². The molecule has 1 aromatic carbocycles. The Morgan fingerprint density at radius 2 is 1.96 bits per heavy atom. The normalized spacial score (nSPS) is 10.6. The summed E-state index contributed by atoms with van der Waals surface area (Å²) in [6.07, 6.45) is 8.03. The van der Waals surface area contributed by atoms with E-state index in [1.54, 1.807) is 30.7 Å². The molecule has 0 unspecified atom stereocenters. The van der Waals surface area contributed by atoms with Crippen molar-refractivity contribution in [2.45, 2.75) is 13.5 Å². The predicted molar refractivity (Wildman–Crippen MR) is 107 cm³/mol. The van der Waals surface area contributed by atoms with Gasteiger partial charge >= 0.3 is 0 Å². The van der Waals surface area contributed by atoms with Gasteiger partial charge in [0.1, 0.15) is 12.0 Å². The van der Waals surface area contributed by atoms with Gasteiger partial charge in [-0.2, -0.15) is 5.10 Å². The van der Waals surface area contributed by atoms with E-state index >= 15 is 0 Å². The average Bonchev–Trinajstić information content (AvgIpc) is 3.20. The summed E-state index contributed by atoms with van der Waals surface area (Å²) in [7, 11) is 0. The number of carbonyl (C=O) groups is 1. The van der Waals surface area contributed by atoms with E-state index in [2.05, 4.69) is 25.4 Å². The van der Waals surface area contributed by atoms with Crippen LogP contribution in [-0.2, 0) is 6.54 Å². The van der Waals surface area contributed by atoms with E-state index in [0.717, 1.165) is 41.0 Å². The van der Waals surface area contributed by atoms with Crippen molar-refractivity contribution in [2.75, 3.05) is 5.32 Å². The average molecular weight is 370 g/mol. The van der Waals surface area contributed by atoms with Gasteiger partial charge in [0, 0.05) is 53.7 Å². The van der Waals surface area contributed by atoms with E-state index < -0.39 is 0 Å². The quantitative estimate of drug-likeness (QED) is 0.517. The lowest BCUT2D eigenvalue weighted by atomic mass is 10.1. The predicted octanol–water partition coefficient (Wildman–Crippen LogP) is 3.98. The Morgan fingerprint density at radius 3 is 2.68 bits per heavy atom. The van der Waals surface area contributed by atoms with Crippen LogP contribution in [0.5, 0.6) is 0 Å². The second kappa shape index (κ2) is 7.79. The Labute approximate surface area is 162 Å². The van der Waals surface area contributed by atoms with Gasteiger partial charge in [-0.15, -0.1) is 0 Å². The number of benzene rings is 1. The summed E-state index contributed by atoms with van der Waals surface area (Å²) in [5.41, 5.74) is 4.86. The number of aldehydes is 1. The van der Waals surface area contributed by atoms with E-state index in [0.29, 0.717) is 11.5 Å². The lowest BCUT2D eigenvalue weighted by Gasteiger charge is -2.07. The van der Waals surface area contributed by atoms with Crippen molar-refractivity contribution in [1.82, 2.24) is 24.7 Å². The monoisotopic (exact) mass is 370 g/mol. The second-order valence-electron chi connectivity index (χ2n) is 6.12. The van der Waals surface area contributed by atoms with Crippen molar-refractivity contribution >= 4 is 17.9 Å².